The van der Waals surface area contributed by atoms with E-state index in [1.807, 2.05) is 0 Å². The van der Waals surface area contributed by atoms with Crippen molar-refractivity contribution < 1.29 is 18.3 Å². The summed E-state index contributed by atoms with van der Waals surface area (Å²) in [6.45, 7) is 3.90. The van der Waals surface area contributed by atoms with E-state index in [4.69, 9.17) is 15.2 Å². The van der Waals surface area contributed by atoms with Crippen LogP contribution in [-0.4, -0.2) is 61.8 Å². The molecule has 7 nitrogen and oxygen atoms in total. The fraction of sp³-hybridized carbons (Fsp3) is 0.364. The van der Waals surface area contributed by atoms with E-state index in [0.29, 0.717) is 40.6 Å². The van der Waals surface area contributed by atoms with Crippen molar-refractivity contribution >= 4 is 22.7 Å². The number of methoxy groups -OCH3 is 2. The summed E-state index contributed by atoms with van der Waals surface area (Å²) in [4.78, 5) is 13.6. The maximum Gasteiger partial charge on any atom is 0.227 e. The molecule has 0 amide bonds. The molecule has 31 heavy (non-hydrogen) atoms. The SMILES string of the molecule is COc1cc2nc(N3CCN(CCc4ccc(F)c(F)c4)CC3)nc(N)c2cc1OC. The van der Waals surface area contributed by atoms with Gasteiger partial charge in [-0.25, -0.2) is 13.8 Å². The lowest BCUT2D eigenvalue weighted by Crippen LogP contribution is -2.47. The minimum absolute atomic E-state index is 0.390. The summed E-state index contributed by atoms with van der Waals surface area (Å²) >= 11 is 0. The molecule has 2 heterocycles. The number of nitrogen functional groups attached to an aromatic ring is 1. The lowest BCUT2D eigenvalue weighted by molar-refractivity contribution is 0.259. The average molecular weight is 429 g/mol. The van der Waals surface area contributed by atoms with Gasteiger partial charge in [0.1, 0.15) is 5.82 Å². The molecule has 1 aliphatic heterocycles. The lowest BCUT2D eigenvalue weighted by atomic mass is 10.1. The van der Waals surface area contributed by atoms with Gasteiger partial charge in [-0.05, 0) is 30.2 Å². The Labute approximate surface area is 179 Å². The normalized spacial score (nSPS) is 14.8. The summed E-state index contributed by atoms with van der Waals surface area (Å²) in [5.41, 5.74) is 7.68. The fourth-order valence-corrected chi connectivity index (χ4v) is 3.76. The van der Waals surface area contributed by atoms with Crippen LogP contribution < -0.4 is 20.1 Å². The van der Waals surface area contributed by atoms with Gasteiger partial charge in [0, 0.05) is 44.2 Å². The number of hydrogen-bond donors (Lipinski definition) is 1. The van der Waals surface area contributed by atoms with Gasteiger partial charge >= 0.3 is 0 Å². The van der Waals surface area contributed by atoms with Gasteiger partial charge in [-0.15, -0.1) is 0 Å². The van der Waals surface area contributed by atoms with Crippen molar-refractivity contribution in [1.82, 2.24) is 14.9 Å². The van der Waals surface area contributed by atoms with E-state index in [-0.39, 0.29) is 0 Å². The molecule has 2 N–H and O–H groups in total. The molecule has 1 saturated heterocycles. The number of fused-ring (bicyclic) bond motifs is 1. The summed E-state index contributed by atoms with van der Waals surface area (Å²) in [6, 6.07) is 7.65. The fourth-order valence-electron chi connectivity index (χ4n) is 3.76. The van der Waals surface area contributed by atoms with Crippen molar-refractivity contribution in [3.63, 3.8) is 0 Å². The summed E-state index contributed by atoms with van der Waals surface area (Å²) < 4.78 is 37.2. The van der Waals surface area contributed by atoms with Gasteiger partial charge in [0.25, 0.3) is 0 Å². The molecule has 0 atom stereocenters. The predicted octanol–water partition coefficient (Wildman–Crippen LogP) is 2.87. The van der Waals surface area contributed by atoms with Gasteiger partial charge in [0.05, 0.1) is 19.7 Å². The number of piperazine rings is 1. The molecule has 9 heteroatoms. The Kier molecular flexibility index (Phi) is 6.03. The Morgan fingerprint density at radius 3 is 2.32 bits per heavy atom. The molecule has 1 fully saturated rings. The Balaban J connectivity index is 1.42. The van der Waals surface area contributed by atoms with Crippen LogP contribution >= 0.6 is 0 Å². The van der Waals surface area contributed by atoms with E-state index in [1.165, 1.54) is 12.1 Å². The number of nitrogens with two attached hydrogens (primary N) is 1. The molecule has 0 spiro atoms. The molecule has 0 saturated carbocycles. The number of hydrogen-bond acceptors (Lipinski definition) is 7. The highest BCUT2D eigenvalue weighted by atomic mass is 19.2. The van der Waals surface area contributed by atoms with Crippen LogP contribution in [0, 0.1) is 11.6 Å². The van der Waals surface area contributed by atoms with Gasteiger partial charge in [0.2, 0.25) is 5.95 Å². The molecule has 0 aliphatic carbocycles. The monoisotopic (exact) mass is 429 g/mol. The summed E-state index contributed by atoms with van der Waals surface area (Å²) in [5, 5.41) is 0.714. The predicted molar refractivity (Wildman–Crippen MR) is 116 cm³/mol. The van der Waals surface area contributed by atoms with E-state index < -0.39 is 11.6 Å². The van der Waals surface area contributed by atoms with Crippen molar-refractivity contribution in [2.45, 2.75) is 6.42 Å². The molecule has 4 rings (SSSR count). The van der Waals surface area contributed by atoms with Gasteiger partial charge in [-0.1, -0.05) is 6.07 Å². The number of nitrogens with zero attached hydrogens (tertiary/aromatic N) is 4. The van der Waals surface area contributed by atoms with Crippen molar-refractivity contribution in [2.24, 2.45) is 0 Å². The highest BCUT2D eigenvalue weighted by molar-refractivity contribution is 5.91. The Morgan fingerprint density at radius 1 is 0.935 bits per heavy atom. The van der Waals surface area contributed by atoms with Gasteiger partial charge < -0.3 is 20.1 Å². The first-order chi connectivity index (χ1) is 15.0. The second-order valence-corrected chi connectivity index (χ2v) is 7.46. The van der Waals surface area contributed by atoms with Crippen LogP contribution in [0.5, 0.6) is 11.5 Å². The first-order valence-corrected chi connectivity index (χ1v) is 10.1. The second-order valence-electron chi connectivity index (χ2n) is 7.46. The highest BCUT2D eigenvalue weighted by Crippen LogP contribution is 2.34. The van der Waals surface area contributed by atoms with E-state index >= 15 is 0 Å². The quantitative estimate of drug-likeness (QED) is 0.646. The van der Waals surface area contributed by atoms with Crippen LogP contribution in [0.2, 0.25) is 0 Å². The van der Waals surface area contributed by atoms with Gasteiger partial charge in [-0.3, -0.25) is 4.90 Å². The Morgan fingerprint density at radius 2 is 1.65 bits per heavy atom. The van der Waals surface area contributed by atoms with Crippen molar-refractivity contribution in [1.29, 1.82) is 0 Å². The molecular weight excluding hydrogens is 404 g/mol. The smallest absolute Gasteiger partial charge is 0.227 e. The van der Waals surface area contributed by atoms with Crippen molar-refractivity contribution in [2.75, 3.05) is 57.6 Å². The van der Waals surface area contributed by atoms with Crippen LogP contribution in [0.1, 0.15) is 5.56 Å². The Bertz CT molecular complexity index is 1090. The summed E-state index contributed by atoms with van der Waals surface area (Å²) in [5.74, 6) is 0.513. The largest absolute Gasteiger partial charge is 0.493 e. The summed E-state index contributed by atoms with van der Waals surface area (Å²) in [6.07, 6.45) is 0.665. The topological polar surface area (TPSA) is 76.7 Å². The molecule has 2 aromatic carbocycles. The zero-order chi connectivity index (χ0) is 22.0. The second kappa shape index (κ2) is 8.89. The number of rotatable bonds is 6. The van der Waals surface area contributed by atoms with Crippen LogP contribution in [0.25, 0.3) is 10.9 Å². The maximum absolute atomic E-state index is 13.4. The first kappa shape index (κ1) is 21.0. The number of benzene rings is 2. The molecule has 164 valence electrons. The first-order valence-electron chi connectivity index (χ1n) is 10.1. The number of anilines is 2. The van der Waals surface area contributed by atoms with Gasteiger partial charge in [-0.2, -0.15) is 4.98 Å². The minimum Gasteiger partial charge on any atom is -0.493 e. The molecule has 1 aromatic heterocycles. The van der Waals surface area contributed by atoms with Crippen LogP contribution in [0.15, 0.2) is 30.3 Å². The maximum atomic E-state index is 13.4. The Hall–Kier alpha value is -3.20. The van der Waals surface area contributed by atoms with Crippen molar-refractivity contribution in [3.8, 4) is 11.5 Å². The van der Waals surface area contributed by atoms with Crippen LogP contribution in [0.4, 0.5) is 20.5 Å². The third kappa shape index (κ3) is 4.46. The van der Waals surface area contributed by atoms with E-state index in [1.54, 1.807) is 32.4 Å². The van der Waals surface area contributed by atoms with E-state index in [0.717, 1.165) is 38.3 Å². The molecule has 0 bridgehead atoms. The molecule has 0 radical (unpaired) electrons. The van der Waals surface area contributed by atoms with Crippen LogP contribution in [0.3, 0.4) is 0 Å². The third-order valence-electron chi connectivity index (χ3n) is 5.57. The zero-order valence-corrected chi connectivity index (χ0v) is 17.6. The zero-order valence-electron chi connectivity index (χ0n) is 17.6. The highest BCUT2D eigenvalue weighted by Gasteiger charge is 2.21. The van der Waals surface area contributed by atoms with E-state index in [9.17, 15) is 8.78 Å². The molecule has 3 aromatic rings. The van der Waals surface area contributed by atoms with Gasteiger partial charge in [0.15, 0.2) is 23.1 Å². The molecule has 0 unspecified atom stereocenters. The standard InChI is InChI=1S/C22H25F2N5O2/c1-30-19-12-15-18(13-20(19)31-2)26-22(27-21(15)25)29-9-7-28(8-10-29)6-5-14-3-4-16(23)17(24)11-14/h3-4,11-13H,5-10H2,1-2H3,(H2,25,26,27). The number of halogens is 2. The van der Waals surface area contributed by atoms with Crippen LogP contribution in [-0.2, 0) is 6.42 Å². The molecule has 1 aliphatic rings. The lowest BCUT2D eigenvalue weighted by Gasteiger charge is -2.34. The van der Waals surface area contributed by atoms with E-state index in [2.05, 4.69) is 19.8 Å². The summed E-state index contributed by atoms with van der Waals surface area (Å²) in [7, 11) is 3.15. The minimum atomic E-state index is -0.817. The average Bonchev–Trinajstić information content (AvgIpc) is 2.79. The number of aromatic nitrogens is 2. The third-order valence-corrected chi connectivity index (χ3v) is 5.57. The number of ether oxygens (including phenoxy) is 2. The van der Waals surface area contributed by atoms with Crippen molar-refractivity contribution in [3.05, 3.63) is 47.5 Å². The molecular formula is C22H25F2N5O2.